The van der Waals surface area contributed by atoms with Gasteiger partial charge in [0.25, 0.3) is 0 Å². The minimum absolute atomic E-state index is 0.0150. The van der Waals surface area contributed by atoms with Crippen molar-refractivity contribution < 1.29 is 13.2 Å². The molecule has 0 aliphatic carbocycles. The van der Waals surface area contributed by atoms with Crippen molar-refractivity contribution in [3.63, 3.8) is 0 Å². The maximum absolute atomic E-state index is 11.1. The molecule has 0 radical (unpaired) electrons. The van der Waals surface area contributed by atoms with Gasteiger partial charge < -0.3 is 4.98 Å². The van der Waals surface area contributed by atoms with Crippen molar-refractivity contribution in [3.05, 3.63) is 24.0 Å². The van der Waals surface area contributed by atoms with Crippen molar-refractivity contribution in [1.82, 2.24) is 9.97 Å². The highest BCUT2D eigenvalue weighted by Crippen LogP contribution is 2.16. The molecule has 0 atom stereocenters. The third-order valence-electron chi connectivity index (χ3n) is 2.12. The van der Waals surface area contributed by atoms with Gasteiger partial charge in [-0.05, 0) is 18.2 Å². The van der Waals surface area contributed by atoms with E-state index in [-0.39, 0.29) is 16.5 Å². The van der Waals surface area contributed by atoms with Crippen LogP contribution in [0.1, 0.15) is 17.5 Å². The lowest BCUT2D eigenvalue weighted by Gasteiger charge is -1.96. The number of primary sulfonamides is 1. The van der Waals surface area contributed by atoms with Crippen LogP contribution in [0, 0.1) is 0 Å². The quantitative estimate of drug-likeness (QED) is 0.740. The molecule has 0 saturated heterocycles. The Morgan fingerprint density at radius 3 is 2.69 bits per heavy atom. The predicted octanol–water partition coefficient (Wildman–Crippen LogP) is 0.413. The molecule has 6 nitrogen and oxygen atoms in total. The second-order valence-corrected chi connectivity index (χ2v) is 4.93. The smallest absolute Gasteiger partial charge is 0.238 e. The minimum Gasteiger partial charge on any atom is -0.335 e. The maximum atomic E-state index is 11.1. The van der Waals surface area contributed by atoms with Crippen LogP contribution < -0.4 is 5.14 Å². The summed E-state index contributed by atoms with van der Waals surface area (Å²) in [6, 6.07) is 4.20. The lowest BCUT2D eigenvalue weighted by molar-refractivity contribution is 0.100. The van der Waals surface area contributed by atoms with Gasteiger partial charge in [0, 0.05) is 6.92 Å². The van der Waals surface area contributed by atoms with Gasteiger partial charge in [0.2, 0.25) is 10.0 Å². The fraction of sp³-hybridized carbons (Fsp3) is 0.111. The van der Waals surface area contributed by atoms with E-state index in [1.807, 2.05) is 0 Å². The summed E-state index contributed by atoms with van der Waals surface area (Å²) in [5.74, 6) is -0.0186. The van der Waals surface area contributed by atoms with Crippen molar-refractivity contribution in [2.75, 3.05) is 0 Å². The van der Waals surface area contributed by atoms with Crippen LogP contribution in [0.15, 0.2) is 23.1 Å². The summed E-state index contributed by atoms with van der Waals surface area (Å²) in [5, 5.41) is 4.99. The lowest BCUT2D eigenvalue weighted by atomic mass is 10.3. The molecule has 2 aromatic rings. The van der Waals surface area contributed by atoms with Crippen molar-refractivity contribution in [3.8, 4) is 0 Å². The van der Waals surface area contributed by atoms with E-state index in [4.69, 9.17) is 5.14 Å². The van der Waals surface area contributed by atoms with Crippen LogP contribution in [0.3, 0.4) is 0 Å². The summed E-state index contributed by atoms with van der Waals surface area (Å²) in [4.78, 5) is 17.8. The predicted molar refractivity (Wildman–Crippen MR) is 57.5 cm³/mol. The molecular formula is C9H9N3O3S. The van der Waals surface area contributed by atoms with E-state index in [0.29, 0.717) is 11.0 Å². The number of aromatic amines is 1. The molecule has 1 heterocycles. The molecule has 7 heteroatoms. The van der Waals surface area contributed by atoms with Crippen LogP contribution >= 0.6 is 0 Å². The summed E-state index contributed by atoms with van der Waals surface area (Å²) in [7, 11) is -3.74. The van der Waals surface area contributed by atoms with E-state index >= 15 is 0 Å². The van der Waals surface area contributed by atoms with E-state index in [1.165, 1.54) is 25.1 Å². The van der Waals surface area contributed by atoms with Gasteiger partial charge in [-0.2, -0.15) is 0 Å². The number of benzene rings is 1. The summed E-state index contributed by atoms with van der Waals surface area (Å²) < 4.78 is 22.2. The Hall–Kier alpha value is -1.73. The van der Waals surface area contributed by atoms with Crippen molar-refractivity contribution >= 4 is 26.8 Å². The summed E-state index contributed by atoms with van der Waals surface area (Å²) in [5.41, 5.74) is 0.995. The Morgan fingerprint density at radius 2 is 2.12 bits per heavy atom. The second kappa shape index (κ2) is 3.39. The van der Waals surface area contributed by atoms with Crippen LogP contribution in [0.4, 0.5) is 0 Å². The molecule has 0 bridgehead atoms. The number of H-pyrrole nitrogens is 1. The molecule has 0 amide bonds. The molecule has 1 aromatic carbocycles. The first-order valence-corrected chi connectivity index (χ1v) is 5.96. The summed E-state index contributed by atoms with van der Waals surface area (Å²) in [6.45, 7) is 1.37. The normalized spacial score (nSPS) is 11.9. The van der Waals surface area contributed by atoms with Gasteiger partial charge in [-0.3, -0.25) is 4.79 Å². The zero-order valence-electron chi connectivity index (χ0n) is 8.39. The number of hydrogen-bond donors (Lipinski definition) is 2. The number of hydrogen-bond acceptors (Lipinski definition) is 4. The SMILES string of the molecule is CC(=O)c1nc2ccc(S(N)(=O)=O)cc2[nH]1. The van der Waals surface area contributed by atoms with E-state index < -0.39 is 10.0 Å². The van der Waals surface area contributed by atoms with Gasteiger partial charge >= 0.3 is 0 Å². The third-order valence-corrected chi connectivity index (χ3v) is 3.03. The van der Waals surface area contributed by atoms with Crippen LogP contribution in [-0.2, 0) is 10.0 Å². The fourth-order valence-corrected chi connectivity index (χ4v) is 1.87. The first kappa shape index (κ1) is 10.8. The number of nitrogens with two attached hydrogens (primary N) is 1. The zero-order valence-corrected chi connectivity index (χ0v) is 9.21. The molecule has 0 aliphatic heterocycles. The van der Waals surface area contributed by atoms with E-state index in [1.54, 1.807) is 0 Å². The molecule has 2 rings (SSSR count). The average molecular weight is 239 g/mol. The number of sulfonamides is 1. The highest BCUT2D eigenvalue weighted by molar-refractivity contribution is 7.89. The van der Waals surface area contributed by atoms with Crippen LogP contribution in [0.2, 0.25) is 0 Å². The number of ketones is 1. The summed E-state index contributed by atoms with van der Waals surface area (Å²) >= 11 is 0. The standard InChI is InChI=1S/C9H9N3O3S/c1-5(13)9-11-7-3-2-6(16(10,14)15)4-8(7)12-9/h2-4H,1H3,(H,11,12)(H2,10,14,15). The Kier molecular flexibility index (Phi) is 2.28. The number of imidazole rings is 1. The minimum atomic E-state index is -3.74. The van der Waals surface area contributed by atoms with Gasteiger partial charge in [-0.25, -0.2) is 18.5 Å². The maximum Gasteiger partial charge on any atom is 0.238 e. The van der Waals surface area contributed by atoms with E-state index in [2.05, 4.69) is 9.97 Å². The van der Waals surface area contributed by atoms with Gasteiger partial charge in [-0.1, -0.05) is 0 Å². The van der Waals surface area contributed by atoms with Crippen LogP contribution in [0.5, 0.6) is 0 Å². The largest absolute Gasteiger partial charge is 0.335 e. The van der Waals surface area contributed by atoms with Crippen molar-refractivity contribution in [1.29, 1.82) is 0 Å². The molecule has 3 N–H and O–H groups in total. The first-order chi connectivity index (χ1) is 7.38. The van der Waals surface area contributed by atoms with Crippen LogP contribution in [0.25, 0.3) is 11.0 Å². The molecule has 1 aromatic heterocycles. The van der Waals surface area contributed by atoms with Gasteiger partial charge in [0.15, 0.2) is 11.6 Å². The zero-order chi connectivity index (χ0) is 11.9. The third kappa shape index (κ3) is 1.82. The first-order valence-electron chi connectivity index (χ1n) is 4.41. The second-order valence-electron chi connectivity index (χ2n) is 3.37. The molecule has 0 spiro atoms. The molecule has 0 fully saturated rings. The number of nitrogens with zero attached hydrogens (tertiary/aromatic N) is 1. The number of Topliss-reactive ketones (excluding diaryl/α,β-unsaturated/α-hetero) is 1. The molecule has 0 aliphatic rings. The Labute approximate surface area is 91.5 Å². The highest BCUT2D eigenvalue weighted by Gasteiger charge is 2.11. The van der Waals surface area contributed by atoms with E-state index in [9.17, 15) is 13.2 Å². The monoisotopic (exact) mass is 239 g/mol. The highest BCUT2D eigenvalue weighted by atomic mass is 32.2. The topological polar surface area (TPSA) is 106 Å². The Balaban J connectivity index is 2.67. The average Bonchev–Trinajstić information content (AvgIpc) is 2.58. The number of rotatable bonds is 2. The van der Waals surface area contributed by atoms with Gasteiger partial charge in [0.1, 0.15) is 0 Å². The molecule has 0 unspecified atom stereocenters. The lowest BCUT2D eigenvalue weighted by Crippen LogP contribution is -2.11. The molecule has 16 heavy (non-hydrogen) atoms. The summed E-state index contributed by atoms with van der Waals surface area (Å²) in [6.07, 6.45) is 0. The molecule has 84 valence electrons. The van der Waals surface area contributed by atoms with Gasteiger partial charge in [0.05, 0.1) is 15.9 Å². The van der Waals surface area contributed by atoms with Crippen LogP contribution in [-0.4, -0.2) is 24.2 Å². The number of fused-ring (bicyclic) bond motifs is 1. The van der Waals surface area contributed by atoms with Crippen molar-refractivity contribution in [2.45, 2.75) is 11.8 Å². The molecular weight excluding hydrogens is 230 g/mol. The van der Waals surface area contributed by atoms with Crippen molar-refractivity contribution in [2.24, 2.45) is 5.14 Å². The van der Waals surface area contributed by atoms with E-state index in [0.717, 1.165) is 0 Å². The Morgan fingerprint density at radius 1 is 1.44 bits per heavy atom. The Bertz CT molecular complexity index is 672. The number of aromatic nitrogens is 2. The number of carbonyl (C=O) groups is 1. The molecule has 0 saturated carbocycles. The fourth-order valence-electron chi connectivity index (χ4n) is 1.33. The number of carbonyl (C=O) groups excluding carboxylic acids is 1. The number of nitrogens with one attached hydrogen (secondary N) is 1. The van der Waals surface area contributed by atoms with Gasteiger partial charge in [-0.15, -0.1) is 0 Å².